The summed E-state index contributed by atoms with van der Waals surface area (Å²) in [5, 5.41) is 8.24. The predicted molar refractivity (Wildman–Crippen MR) is 121 cm³/mol. The lowest BCUT2D eigenvalue weighted by molar-refractivity contribution is -0.120. The average molecular weight is 426 g/mol. The fraction of sp³-hybridized carbons (Fsp3) is 0.375. The smallest absolute Gasteiger partial charge is 0.407 e. The highest BCUT2D eigenvalue weighted by Crippen LogP contribution is 2.11. The monoisotopic (exact) mass is 425 g/mol. The number of nitrogens with one attached hydrogen (secondary N) is 3. The van der Waals surface area contributed by atoms with Crippen LogP contribution in [0, 0.1) is 6.92 Å². The SMILES string of the molecule is Cc1ccc(CC(=O)NCc2cccc(NC(=O)CCNC(=O)OC(C)(C)C)c2)cc1. The van der Waals surface area contributed by atoms with Gasteiger partial charge in [0.2, 0.25) is 11.8 Å². The Morgan fingerprint density at radius 3 is 2.29 bits per heavy atom. The zero-order valence-corrected chi connectivity index (χ0v) is 18.6. The highest BCUT2D eigenvalue weighted by Gasteiger charge is 2.16. The Kier molecular flexibility index (Phi) is 8.61. The summed E-state index contributed by atoms with van der Waals surface area (Å²) in [5.74, 6) is -0.289. The van der Waals surface area contributed by atoms with Gasteiger partial charge in [0.25, 0.3) is 0 Å². The molecule has 0 radical (unpaired) electrons. The summed E-state index contributed by atoms with van der Waals surface area (Å²) in [6.45, 7) is 7.88. The molecule has 7 nitrogen and oxygen atoms in total. The molecule has 2 aromatic rings. The highest BCUT2D eigenvalue weighted by atomic mass is 16.6. The van der Waals surface area contributed by atoms with Gasteiger partial charge in [0.15, 0.2) is 0 Å². The molecule has 0 bridgehead atoms. The first-order valence-corrected chi connectivity index (χ1v) is 10.3. The molecular formula is C24H31N3O4. The second-order valence-electron chi connectivity index (χ2n) is 8.37. The van der Waals surface area contributed by atoms with Crippen LogP contribution >= 0.6 is 0 Å². The number of ether oxygens (including phenoxy) is 1. The first-order chi connectivity index (χ1) is 14.6. The fourth-order valence-electron chi connectivity index (χ4n) is 2.73. The van der Waals surface area contributed by atoms with Crippen molar-refractivity contribution in [3.05, 3.63) is 65.2 Å². The third kappa shape index (κ3) is 9.80. The minimum absolute atomic E-state index is 0.0634. The lowest BCUT2D eigenvalue weighted by atomic mass is 10.1. The van der Waals surface area contributed by atoms with E-state index < -0.39 is 11.7 Å². The van der Waals surface area contributed by atoms with E-state index in [4.69, 9.17) is 4.74 Å². The van der Waals surface area contributed by atoms with Gasteiger partial charge in [0.1, 0.15) is 5.60 Å². The fourth-order valence-corrected chi connectivity index (χ4v) is 2.73. The maximum absolute atomic E-state index is 12.2. The van der Waals surface area contributed by atoms with Crippen LogP contribution in [0.2, 0.25) is 0 Å². The molecule has 2 aromatic carbocycles. The third-order valence-electron chi connectivity index (χ3n) is 4.21. The molecule has 0 atom stereocenters. The van der Waals surface area contributed by atoms with Gasteiger partial charge in [0, 0.05) is 25.2 Å². The standard InChI is InChI=1S/C24H31N3O4/c1-17-8-10-18(11-9-17)15-22(29)26-16-19-6-5-7-20(14-19)27-21(28)12-13-25-23(30)31-24(2,3)4/h5-11,14H,12-13,15-16H2,1-4H3,(H,25,30)(H,26,29)(H,27,28). The van der Waals surface area contributed by atoms with Crippen LogP contribution in [0.1, 0.15) is 43.9 Å². The van der Waals surface area contributed by atoms with Crippen molar-refractivity contribution in [1.29, 1.82) is 0 Å². The quantitative estimate of drug-likeness (QED) is 0.601. The van der Waals surface area contributed by atoms with Crippen molar-refractivity contribution < 1.29 is 19.1 Å². The van der Waals surface area contributed by atoms with Crippen LogP contribution in [-0.2, 0) is 27.3 Å². The van der Waals surface area contributed by atoms with E-state index in [0.717, 1.165) is 16.7 Å². The summed E-state index contributed by atoms with van der Waals surface area (Å²) < 4.78 is 5.13. The van der Waals surface area contributed by atoms with Crippen molar-refractivity contribution in [2.45, 2.75) is 52.7 Å². The van der Waals surface area contributed by atoms with Crippen LogP contribution in [0.25, 0.3) is 0 Å². The van der Waals surface area contributed by atoms with Crippen molar-refractivity contribution >= 4 is 23.6 Å². The predicted octanol–water partition coefficient (Wildman–Crippen LogP) is 3.71. The number of rotatable bonds is 8. The molecule has 0 aromatic heterocycles. The van der Waals surface area contributed by atoms with Crippen molar-refractivity contribution in [1.82, 2.24) is 10.6 Å². The number of benzene rings is 2. The second kappa shape index (κ2) is 11.2. The minimum Gasteiger partial charge on any atom is -0.444 e. The Hall–Kier alpha value is -3.35. The van der Waals surface area contributed by atoms with Crippen LogP contribution in [0.3, 0.4) is 0 Å². The minimum atomic E-state index is -0.581. The summed E-state index contributed by atoms with van der Waals surface area (Å²) in [4.78, 5) is 35.9. The van der Waals surface area contributed by atoms with E-state index in [0.29, 0.717) is 18.7 Å². The number of anilines is 1. The maximum atomic E-state index is 12.2. The molecule has 0 spiro atoms. The molecule has 0 unspecified atom stereocenters. The summed E-state index contributed by atoms with van der Waals surface area (Å²) in [6, 6.07) is 15.1. The zero-order valence-electron chi connectivity index (χ0n) is 18.6. The lowest BCUT2D eigenvalue weighted by Crippen LogP contribution is -2.34. The van der Waals surface area contributed by atoms with E-state index in [1.165, 1.54) is 0 Å². The van der Waals surface area contributed by atoms with Crippen molar-refractivity contribution in [3.8, 4) is 0 Å². The second-order valence-corrected chi connectivity index (χ2v) is 8.37. The van der Waals surface area contributed by atoms with E-state index >= 15 is 0 Å². The molecular weight excluding hydrogens is 394 g/mol. The lowest BCUT2D eigenvalue weighted by Gasteiger charge is -2.19. The zero-order chi connectivity index (χ0) is 22.9. The molecule has 3 amide bonds. The van der Waals surface area contributed by atoms with E-state index in [1.54, 1.807) is 26.8 Å². The molecule has 0 saturated heterocycles. The summed E-state index contributed by atoms with van der Waals surface area (Å²) in [7, 11) is 0. The van der Waals surface area contributed by atoms with Crippen molar-refractivity contribution in [2.75, 3.05) is 11.9 Å². The first-order valence-electron chi connectivity index (χ1n) is 10.3. The van der Waals surface area contributed by atoms with Gasteiger partial charge in [-0.05, 0) is 51.0 Å². The average Bonchev–Trinajstić information content (AvgIpc) is 2.67. The number of carbonyl (C=O) groups excluding carboxylic acids is 3. The molecule has 2 rings (SSSR count). The summed E-state index contributed by atoms with van der Waals surface area (Å²) in [5.41, 5.74) is 3.05. The largest absolute Gasteiger partial charge is 0.444 e. The Morgan fingerprint density at radius 1 is 0.903 bits per heavy atom. The number of hydrogen-bond donors (Lipinski definition) is 3. The van der Waals surface area contributed by atoms with Crippen LogP contribution in [0.5, 0.6) is 0 Å². The molecule has 0 aliphatic carbocycles. The summed E-state index contributed by atoms with van der Waals surface area (Å²) >= 11 is 0. The Morgan fingerprint density at radius 2 is 1.61 bits per heavy atom. The van der Waals surface area contributed by atoms with Crippen LogP contribution < -0.4 is 16.0 Å². The van der Waals surface area contributed by atoms with E-state index in [1.807, 2.05) is 49.4 Å². The molecule has 166 valence electrons. The van der Waals surface area contributed by atoms with Gasteiger partial charge >= 0.3 is 6.09 Å². The van der Waals surface area contributed by atoms with Gasteiger partial charge in [-0.3, -0.25) is 9.59 Å². The molecule has 0 heterocycles. The number of aryl methyl sites for hydroxylation is 1. The number of amides is 3. The molecule has 31 heavy (non-hydrogen) atoms. The van der Waals surface area contributed by atoms with Gasteiger partial charge in [-0.2, -0.15) is 0 Å². The molecule has 0 fully saturated rings. The van der Waals surface area contributed by atoms with E-state index in [-0.39, 0.29) is 24.8 Å². The van der Waals surface area contributed by atoms with Crippen molar-refractivity contribution in [3.63, 3.8) is 0 Å². The highest BCUT2D eigenvalue weighted by molar-refractivity contribution is 5.91. The molecule has 7 heteroatoms. The van der Waals surface area contributed by atoms with Gasteiger partial charge in [0.05, 0.1) is 6.42 Å². The van der Waals surface area contributed by atoms with E-state index in [2.05, 4.69) is 16.0 Å². The topological polar surface area (TPSA) is 96.5 Å². The maximum Gasteiger partial charge on any atom is 0.407 e. The molecule has 3 N–H and O–H groups in total. The Bertz CT molecular complexity index is 902. The van der Waals surface area contributed by atoms with Gasteiger partial charge in [-0.25, -0.2) is 4.79 Å². The summed E-state index contributed by atoms with van der Waals surface area (Å²) in [6.07, 6.45) is -0.110. The normalized spacial score (nSPS) is 10.8. The number of carbonyl (C=O) groups is 3. The molecule has 0 saturated carbocycles. The third-order valence-corrected chi connectivity index (χ3v) is 4.21. The Labute approximate surface area is 183 Å². The van der Waals surface area contributed by atoms with Crippen LogP contribution in [0.15, 0.2) is 48.5 Å². The van der Waals surface area contributed by atoms with Gasteiger partial charge < -0.3 is 20.7 Å². The van der Waals surface area contributed by atoms with Crippen molar-refractivity contribution in [2.24, 2.45) is 0 Å². The van der Waals surface area contributed by atoms with Gasteiger partial charge in [-0.1, -0.05) is 42.0 Å². The molecule has 0 aliphatic heterocycles. The van der Waals surface area contributed by atoms with Crippen LogP contribution in [-0.4, -0.2) is 30.1 Å². The number of hydrogen-bond acceptors (Lipinski definition) is 4. The Balaban J connectivity index is 1.75. The van der Waals surface area contributed by atoms with Crippen LogP contribution in [0.4, 0.5) is 10.5 Å². The molecule has 0 aliphatic rings. The van der Waals surface area contributed by atoms with Gasteiger partial charge in [-0.15, -0.1) is 0 Å². The number of alkyl carbamates (subject to hydrolysis) is 1. The van der Waals surface area contributed by atoms with E-state index in [9.17, 15) is 14.4 Å². The first kappa shape index (κ1) is 23.9.